The summed E-state index contributed by atoms with van der Waals surface area (Å²) in [5.41, 5.74) is 0.957. The van der Waals surface area contributed by atoms with Gasteiger partial charge in [0.2, 0.25) is 0 Å². The Morgan fingerprint density at radius 2 is 1.95 bits per heavy atom. The molecular formula is C16H25NO3Si. The summed E-state index contributed by atoms with van der Waals surface area (Å²) in [4.78, 5) is 11.8. The Morgan fingerprint density at radius 1 is 1.33 bits per heavy atom. The van der Waals surface area contributed by atoms with Gasteiger partial charge in [-0.15, -0.1) is 6.58 Å². The molecule has 0 radical (unpaired) electrons. The van der Waals surface area contributed by atoms with Gasteiger partial charge in [-0.25, -0.2) is 4.79 Å². The number of nitrogens with one attached hydrogen (secondary N) is 1. The van der Waals surface area contributed by atoms with Crippen molar-refractivity contribution >= 4 is 14.4 Å². The molecule has 2 atom stereocenters. The van der Waals surface area contributed by atoms with E-state index in [1.54, 1.807) is 6.08 Å². The van der Waals surface area contributed by atoms with E-state index in [9.17, 15) is 4.79 Å². The number of hydrogen-bond acceptors (Lipinski definition) is 3. The second kappa shape index (κ2) is 8.00. The number of rotatable bonds is 7. The quantitative estimate of drug-likeness (QED) is 0.617. The summed E-state index contributed by atoms with van der Waals surface area (Å²) >= 11 is 0. The van der Waals surface area contributed by atoms with Gasteiger partial charge in [-0.2, -0.15) is 0 Å². The highest BCUT2D eigenvalue weighted by Gasteiger charge is 2.24. The lowest BCUT2D eigenvalue weighted by Crippen LogP contribution is -2.45. The van der Waals surface area contributed by atoms with Crippen molar-refractivity contribution in [1.29, 1.82) is 0 Å². The lowest BCUT2D eigenvalue weighted by molar-refractivity contribution is 0.124. The van der Waals surface area contributed by atoms with Crippen molar-refractivity contribution in [2.24, 2.45) is 0 Å². The first-order valence-electron chi connectivity index (χ1n) is 7.09. The van der Waals surface area contributed by atoms with E-state index in [4.69, 9.17) is 9.16 Å². The van der Waals surface area contributed by atoms with Crippen LogP contribution in [0.1, 0.15) is 12.5 Å². The largest absolute Gasteiger partial charge is 0.445 e. The maximum Gasteiger partial charge on any atom is 0.407 e. The zero-order chi connectivity index (χ0) is 15.9. The molecule has 0 bridgehead atoms. The summed E-state index contributed by atoms with van der Waals surface area (Å²) in [6.07, 6.45) is 1.07. The van der Waals surface area contributed by atoms with Crippen molar-refractivity contribution in [3.63, 3.8) is 0 Å². The van der Waals surface area contributed by atoms with E-state index in [1.807, 2.05) is 37.3 Å². The van der Waals surface area contributed by atoms with Gasteiger partial charge in [0.25, 0.3) is 0 Å². The number of benzene rings is 1. The number of alkyl carbamates (subject to hydrolysis) is 1. The minimum Gasteiger partial charge on any atom is -0.445 e. The second-order valence-electron chi connectivity index (χ2n) is 5.93. The molecule has 0 aliphatic carbocycles. The van der Waals surface area contributed by atoms with Crippen molar-refractivity contribution in [1.82, 2.24) is 5.32 Å². The van der Waals surface area contributed by atoms with Crippen LogP contribution in [-0.4, -0.2) is 26.6 Å². The topological polar surface area (TPSA) is 47.6 Å². The molecule has 1 amide bonds. The second-order valence-corrected chi connectivity index (χ2v) is 10.4. The number of amides is 1. The van der Waals surface area contributed by atoms with Crippen LogP contribution in [0, 0.1) is 0 Å². The summed E-state index contributed by atoms with van der Waals surface area (Å²) in [5.74, 6) is 0. The predicted octanol–water partition coefficient (Wildman–Crippen LogP) is 3.71. The Hall–Kier alpha value is -1.59. The standard InChI is InChI=1S/C16H25NO3Si/c1-6-15(20-21(3,4)5)13(2)17-16(18)19-12-14-10-8-7-9-11-14/h6-11,13,15H,1,12H2,2-5H3,(H,17,18)/t13-,15-/m0/s1. The van der Waals surface area contributed by atoms with E-state index in [0.29, 0.717) is 0 Å². The van der Waals surface area contributed by atoms with Gasteiger partial charge in [-0.3, -0.25) is 0 Å². The van der Waals surface area contributed by atoms with Crippen molar-refractivity contribution in [2.45, 2.75) is 45.3 Å². The highest BCUT2D eigenvalue weighted by molar-refractivity contribution is 6.69. The zero-order valence-electron chi connectivity index (χ0n) is 13.3. The van der Waals surface area contributed by atoms with Crippen LogP contribution in [0.25, 0.3) is 0 Å². The Morgan fingerprint density at radius 3 is 2.48 bits per heavy atom. The Balaban J connectivity index is 2.43. The smallest absolute Gasteiger partial charge is 0.407 e. The maximum atomic E-state index is 11.8. The van der Waals surface area contributed by atoms with Crippen LogP contribution in [0.3, 0.4) is 0 Å². The van der Waals surface area contributed by atoms with Gasteiger partial charge in [0.05, 0.1) is 12.1 Å². The lowest BCUT2D eigenvalue weighted by atomic mass is 10.2. The molecule has 1 aromatic rings. The molecule has 0 saturated heterocycles. The summed E-state index contributed by atoms with van der Waals surface area (Å²) in [6, 6.07) is 9.39. The Labute approximate surface area is 128 Å². The zero-order valence-corrected chi connectivity index (χ0v) is 14.3. The van der Waals surface area contributed by atoms with Gasteiger partial charge in [0, 0.05) is 0 Å². The predicted molar refractivity (Wildman–Crippen MR) is 87.6 cm³/mol. The molecule has 1 aromatic carbocycles. The molecule has 0 aliphatic rings. The fraction of sp³-hybridized carbons (Fsp3) is 0.438. The molecule has 0 spiro atoms. The van der Waals surface area contributed by atoms with Crippen LogP contribution in [-0.2, 0) is 15.8 Å². The average molecular weight is 307 g/mol. The first kappa shape index (κ1) is 17.5. The van der Waals surface area contributed by atoms with Crippen molar-refractivity contribution in [3.05, 3.63) is 48.6 Å². The van der Waals surface area contributed by atoms with Gasteiger partial charge in [0.15, 0.2) is 8.32 Å². The van der Waals surface area contributed by atoms with Crippen LogP contribution in [0.5, 0.6) is 0 Å². The van der Waals surface area contributed by atoms with Crippen LogP contribution >= 0.6 is 0 Å². The maximum absolute atomic E-state index is 11.8. The fourth-order valence-electron chi connectivity index (χ4n) is 1.80. The molecule has 0 fully saturated rings. The van der Waals surface area contributed by atoms with Crippen molar-refractivity contribution < 1.29 is 14.0 Å². The molecule has 4 nitrogen and oxygen atoms in total. The summed E-state index contributed by atoms with van der Waals surface area (Å²) < 4.78 is 11.2. The highest BCUT2D eigenvalue weighted by Crippen LogP contribution is 2.11. The van der Waals surface area contributed by atoms with Crippen LogP contribution in [0.2, 0.25) is 19.6 Å². The summed E-state index contributed by atoms with van der Waals surface area (Å²) in [5, 5.41) is 2.79. The van der Waals surface area contributed by atoms with E-state index < -0.39 is 14.4 Å². The molecular weight excluding hydrogens is 282 g/mol. The highest BCUT2D eigenvalue weighted by atomic mass is 28.4. The molecule has 1 rings (SSSR count). The normalized spacial score (nSPS) is 14.1. The lowest BCUT2D eigenvalue weighted by Gasteiger charge is -2.28. The van der Waals surface area contributed by atoms with Gasteiger partial charge in [-0.1, -0.05) is 36.4 Å². The monoisotopic (exact) mass is 307 g/mol. The first-order chi connectivity index (χ1) is 9.81. The molecule has 5 heteroatoms. The molecule has 0 unspecified atom stereocenters. The van der Waals surface area contributed by atoms with Crippen molar-refractivity contribution in [3.8, 4) is 0 Å². The van der Waals surface area contributed by atoms with Gasteiger partial charge in [0.1, 0.15) is 6.61 Å². The molecule has 1 N–H and O–H groups in total. The number of hydrogen-bond donors (Lipinski definition) is 1. The number of ether oxygens (including phenoxy) is 1. The Bertz CT molecular complexity index is 456. The van der Waals surface area contributed by atoms with Crippen molar-refractivity contribution in [2.75, 3.05) is 0 Å². The fourth-order valence-corrected chi connectivity index (χ4v) is 2.91. The third kappa shape index (κ3) is 7.11. The van der Waals surface area contributed by atoms with E-state index >= 15 is 0 Å². The average Bonchev–Trinajstić information content (AvgIpc) is 2.42. The Kier molecular flexibility index (Phi) is 6.65. The van der Waals surface area contributed by atoms with Crippen LogP contribution in [0.15, 0.2) is 43.0 Å². The third-order valence-corrected chi connectivity index (χ3v) is 3.75. The number of carbonyl (C=O) groups is 1. The minimum atomic E-state index is -1.69. The first-order valence-corrected chi connectivity index (χ1v) is 10.5. The molecule has 116 valence electrons. The van der Waals surface area contributed by atoms with E-state index in [2.05, 4.69) is 31.5 Å². The minimum absolute atomic E-state index is 0.183. The van der Waals surface area contributed by atoms with E-state index in [-0.39, 0.29) is 18.8 Å². The molecule has 21 heavy (non-hydrogen) atoms. The van der Waals surface area contributed by atoms with E-state index in [0.717, 1.165) is 5.56 Å². The molecule has 0 aliphatic heterocycles. The van der Waals surface area contributed by atoms with Gasteiger partial charge < -0.3 is 14.5 Å². The summed E-state index contributed by atoms with van der Waals surface area (Å²) in [7, 11) is -1.69. The molecule has 0 saturated carbocycles. The van der Waals surface area contributed by atoms with Crippen LogP contribution < -0.4 is 5.32 Å². The molecule has 0 heterocycles. The van der Waals surface area contributed by atoms with Gasteiger partial charge >= 0.3 is 6.09 Å². The third-order valence-electron chi connectivity index (χ3n) is 2.77. The summed E-state index contributed by atoms with van der Waals surface area (Å²) in [6.45, 7) is 12.2. The number of carbonyl (C=O) groups excluding carboxylic acids is 1. The van der Waals surface area contributed by atoms with E-state index in [1.165, 1.54) is 0 Å². The van der Waals surface area contributed by atoms with Gasteiger partial charge in [-0.05, 0) is 32.1 Å². The van der Waals surface area contributed by atoms with Crippen LogP contribution in [0.4, 0.5) is 4.79 Å². The molecule has 0 aromatic heterocycles. The SMILES string of the molecule is C=C[C@H](O[Si](C)(C)C)[C@H](C)NC(=O)OCc1ccccc1.